The van der Waals surface area contributed by atoms with Crippen LogP contribution in [-0.4, -0.2) is 65.5 Å². The molecule has 3 amide bonds. The summed E-state index contributed by atoms with van der Waals surface area (Å²) in [6, 6.07) is -0.598. The highest BCUT2D eigenvalue weighted by molar-refractivity contribution is 7.15. The predicted octanol–water partition coefficient (Wildman–Crippen LogP) is 3.79. The third kappa shape index (κ3) is 5.46. The maximum absolute atomic E-state index is 12.8. The highest BCUT2D eigenvalue weighted by atomic mass is 32.1. The number of nitrogens with zero attached hydrogens (tertiary/aromatic N) is 5. The Morgan fingerprint density at radius 3 is 2.64 bits per heavy atom. The van der Waals surface area contributed by atoms with Gasteiger partial charge in [-0.2, -0.15) is 13.2 Å². The number of carbonyl (C=O) groups is 2. The highest BCUT2D eigenvalue weighted by Gasteiger charge is 2.41. The van der Waals surface area contributed by atoms with Crippen molar-refractivity contribution in [2.75, 3.05) is 32.1 Å². The summed E-state index contributed by atoms with van der Waals surface area (Å²) in [7, 11) is 3.10. The Kier molecular flexibility index (Phi) is 7.44. The number of halogens is 3. The number of carbonyl (C=O) groups excluding carboxylic acids is 2. The first kappa shape index (κ1) is 22.2. The molecule has 1 aliphatic heterocycles. The first-order chi connectivity index (χ1) is 13.1. The van der Waals surface area contributed by atoms with E-state index in [0.717, 1.165) is 30.6 Å². The molecule has 0 aromatic carbocycles. The van der Waals surface area contributed by atoms with Gasteiger partial charge in [-0.3, -0.25) is 0 Å². The molecule has 0 N–H and O–H groups in total. The molecule has 158 valence electrons. The van der Waals surface area contributed by atoms with Gasteiger partial charge in [0.2, 0.25) is 10.1 Å². The van der Waals surface area contributed by atoms with E-state index in [4.69, 9.17) is 4.74 Å². The summed E-state index contributed by atoms with van der Waals surface area (Å²) in [4.78, 5) is 28.5. The van der Waals surface area contributed by atoms with Crippen LogP contribution in [0, 0.1) is 0 Å². The smallest absolute Gasteiger partial charge is 0.425 e. The third-order valence-corrected chi connectivity index (χ3v) is 5.26. The Morgan fingerprint density at radius 2 is 2.04 bits per heavy atom. The molecule has 0 spiro atoms. The zero-order valence-corrected chi connectivity index (χ0v) is 16.8. The molecule has 1 aliphatic rings. The first-order valence-electron chi connectivity index (χ1n) is 9.02. The minimum atomic E-state index is -4.66. The number of alkyl halides is 3. The normalized spacial score (nSPS) is 17.8. The molecule has 1 atom stereocenters. The lowest BCUT2D eigenvalue weighted by atomic mass is 10.2. The molecule has 0 saturated carbocycles. The molecule has 0 radical (unpaired) electrons. The number of urea groups is 1. The fourth-order valence-electron chi connectivity index (χ4n) is 2.65. The Bertz CT molecular complexity index is 685. The lowest BCUT2D eigenvalue weighted by Gasteiger charge is -2.37. The van der Waals surface area contributed by atoms with Crippen LogP contribution in [-0.2, 0) is 10.9 Å². The zero-order chi connectivity index (χ0) is 20.9. The van der Waals surface area contributed by atoms with E-state index in [0.29, 0.717) is 13.1 Å². The van der Waals surface area contributed by atoms with Gasteiger partial charge in [0, 0.05) is 33.6 Å². The van der Waals surface area contributed by atoms with Gasteiger partial charge >= 0.3 is 18.3 Å². The predicted molar refractivity (Wildman–Crippen MR) is 97.1 cm³/mol. The zero-order valence-electron chi connectivity index (χ0n) is 16.0. The van der Waals surface area contributed by atoms with Gasteiger partial charge in [0.05, 0.1) is 0 Å². The molecule has 2 heterocycles. The second-order valence-corrected chi connectivity index (χ2v) is 7.53. The van der Waals surface area contributed by atoms with Gasteiger partial charge in [0.25, 0.3) is 0 Å². The van der Waals surface area contributed by atoms with Crippen molar-refractivity contribution in [3.63, 3.8) is 0 Å². The minimum absolute atomic E-state index is 0.237. The Morgan fingerprint density at radius 1 is 1.32 bits per heavy atom. The number of anilines is 1. The van der Waals surface area contributed by atoms with E-state index in [1.54, 1.807) is 7.05 Å². The molecule has 1 unspecified atom stereocenters. The molecule has 28 heavy (non-hydrogen) atoms. The second kappa shape index (κ2) is 9.39. The molecule has 12 heteroatoms. The van der Waals surface area contributed by atoms with Crippen molar-refractivity contribution < 1.29 is 27.5 Å². The van der Waals surface area contributed by atoms with Crippen molar-refractivity contribution in [3.8, 4) is 0 Å². The first-order valence-corrected chi connectivity index (χ1v) is 9.83. The number of aromatic nitrogens is 2. The third-order valence-electron chi connectivity index (χ3n) is 4.29. The van der Waals surface area contributed by atoms with Gasteiger partial charge in [-0.25, -0.2) is 14.5 Å². The summed E-state index contributed by atoms with van der Waals surface area (Å²) in [5.74, 6) is 0. The molecule has 0 aliphatic carbocycles. The minimum Gasteiger partial charge on any atom is -0.425 e. The maximum atomic E-state index is 12.8. The highest BCUT2D eigenvalue weighted by Crippen LogP contribution is 2.36. The van der Waals surface area contributed by atoms with E-state index >= 15 is 0 Å². The average Bonchev–Trinajstić information content (AvgIpc) is 3.12. The van der Waals surface area contributed by atoms with Crippen molar-refractivity contribution in [1.29, 1.82) is 0 Å². The SMILES string of the molecule is CCCCCCN(C)C(=O)OC1CCN(C)C(=O)N1c1nnc(C(F)(F)F)s1. The maximum Gasteiger partial charge on any atom is 0.445 e. The number of hydrogen-bond donors (Lipinski definition) is 0. The fraction of sp³-hybridized carbons (Fsp3) is 0.750. The Labute approximate surface area is 165 Å². The van der Waals surface area contributed by atoms with Crippen molar-refractivity contribution >= 4 is 28.6 Å². The van der Waals surface area contributed by atoms with Crippen LogP contribution in [0.2, 0.25) is 0 Å². The van der Waals surface area contributed by atoms with Crippen LogP contribution in [0.25, 0.3) is 0 Å². The molecular weight excluding hydrogens is 399 g/mol. The van der Waals surface area contributed by atoms with Crippen molar-refractivity contribution in [2.24, 2.45) is 0 Å². The second-order valence-electron chi connectivity index (χ2n) is 6.57. The van der Waals surface area contributed by atoms with E-state index in [2.05, 4.69) is 17.1 Å². The van der Waals surface area contributed by atoms with E-state index in [1.807, 2.05) is 0 Å². The molecule has 1 aromatic heterocycles. The molecule has 1 aromatic rings. The fourth-order valence-corrected chi connectivity index (χ4v) is 3.40. The number of rotatable bonds is 7. The average molecular weight is 423 g/mol. The lowest BCUT2D eigenvalue weighted by Crippen LogP contribution is -2.55. The molecule has 8 nitrogen and oxygen atoms in total. The van der Waals surface area contributed by atoms with Crippen LogP contribution in [0.5, 0.6) is 0 Å². The molecule has 1 saturated heterocycles. The quantitative estimate of drug-likeness (QED) is 0.624. The van der Waals surface area contributed by atoms with Gasteiger partial charge in [0.15, 0.2) is 6.23 Å². The summed E-state index contributed by atoms with van der Waals surface area (Å²) in [6.45, 7) is 2.89. The number of ether oxygens (including phenoxy) is 1. The van der Waals surface area contributed by atoms with Crippen LogP contribution in [0.3, 0.4) is 0 Å². The van der Waals surface area contributed by atoms with Crippen molar-refractivity contribution in [2.45, 2.75) is 51.4 Å². The van der Waals surface area contributed by atoms with Crippen LogP contribution in [0.4, 0.5) is 27.9 Å². The summed E-state index contributed by atoms with van der Waals surface area (Å²) in [5, 5.41) is 5.17. The van der Waals surface area contributed by atoms with Gasteiger partial charge in [-0.05, 0) is 6.42 Å². The summed E-state index contributed by atoms with van der Waals surface area (Å²) in [6.07, 6.45) is -2.14. The standard InChI is InChI=1S/C16H24F3N5O3S/c1-4-5-6-7-9-23(3)15(26)27-11-8-10-22(2)14(25)24(11)13-21-20-12(28-13)16(17,18)19/h11H,4-10H2,1-3H3. The molecular formula is C16H24F3N5O3S. The number of hydrogen-bond acceptors (Lipinski definition) is 6. The molecule has 0 bridgehead atoms. The van der Waals surface area contributed by atoms with E-state index in [-0.39, 0.29) is 22.9 Å². The summed E-state index contributed by atoms with van der Waals surface area (Å²) >= 11 is 0.237. The van der Waals surface area contributed by atoms with Gasteiger partial charge in [-0.15, -0.1) is 10.2 Å². The van der Waals surface area contributed by atoms with E-state index < -0.39 is 29.5 Å². The van der Waals surface area contributed by atoms with Gasteiger partial charge in [0.1, 0.15) is 0 Å². The van der Waals surface area contributed by atoms with E-state index in [9.17, 15) is 22.8 Å². The Balaban J connectivity index is 2.09. The van der Waals surface area contributed by atoms with Crippen LogP contribution in [0.15, 0.2) is 0 Å². The molecule has 2 rings (SSSR count). The van der Waals surface area contributed by atoms with Gasteiger partial charge < -0.3 is 14.5 Å². The number of amides is 3. The van der Waals surface area contributed by atoms with Crippen molar-refractivity contribution in [3.05, 3.63) is 5.01 Å². The lowest BCUT2D eigenvalue weighted by molar-refractivity contribution is -0.138. The van der Waals surface area contributed by atoms with Crippen LogP contribution >= 0.6 is 11.3 Å². The van der Waals surface area contributed by atoms with Crippen LogP contribution < -0.4 is 4.90 Å². The van der Waals surface area contributed by atoms with Crippen LogP contribution in [0.1, 0.15) is 44.0 Å². The number of unbranched alkanes of at least 4 members (excludes halogenated alkanes) is 3. The van der Waals surface area contributed by atoms with Crippen molar-refractivity contribution in [1.82, 2.24) is 20.0 Å². The molecule has 1 fully saturated rings. The summed E-state index contributed by atoms with van der Waals surface area (Å²) < 4.78 is 43.9. The Hall–Kier alpha value is -2.11. The summed E-state index contributed by atoms with van der Waals surface area (Å²) in [5.41, 5.74) is 0. The largest absolute Gasteiger partial charge is 0.445 e. The van der Waals surface area contributed by atoms with Gasteiger partial charge in [-0.1, -0.05) is 37.5 Å². The topological polar surface area (TPSA) is 78.9 Å². The van der Waals surface area contributed by atoms with E-state index in [1.165, 1.54) is 16.8 Å². The monoisotopic (exact) mass is 423 g/mol.